The van der Waals surface area contributed by atoms with Crippen LogP contribution in [-0.2, 0) is 4.74 Å². The lowest BCUT2D eigenvalue weighted by atomic mass is 10.0. The molecular formula is C11H20O. The highest BCUT2D eigenvalue weighted by molar-refractivity contribution is 4.84. The minimum Gasteiger partial charge on any atom is -0.502 e. The molecule has 0 bridgehead atoms. The Morgan fingerprint density at radius 2 is 1.83 bits per heavy atom. The lowest BCUT2D eigenvalue weighted by molar-refractivity contribution is 0.265. The summed E-state index contributed by atoms with van der Waals surface area (Å²) in [5, 5.41) is 0. The first kappa shape index (κ1) is 9.63. The third kappa shape index (κ3) is 3.80. The lowest BCUT2D eigenvalue weighted by Gasteiger charge is -2.06. The van der Waals surface area contributed by atoms with Crippen molar-refractivity contribution in [3.8, 4) is 0 Å². The number of ether oxygens (including phenoxy) is 1. The highest BCUT2D eigenvalue weighted by Crippen LogP contribution is 2.23. The van der Waals surface area contributed by atoms with Gasteiger partial charge >= 0.3 is 0 Å². The topological polar surface area (TPSA) is 9.23 Å². The summed E-state index contributed by atoms with van der Waals surface area (Å²) in [4.78, 5) is 0. The maximum atomic E-state index is 5.20. The average molecular weight is 168 g/mol. The molecule has 0 aromatic heterocycles. The van der Waals surface area contributed by atoms with Gasteiger partial charge in [-0.2, -0.15) is 0 Å². The van der Waals surface area contributed by atoms with Crippen LogP contribution in [0.3, 0.4) is 0 Å². The second kappa shape index (κ2) is 6.10. The zero-order chi connectivity index (χ0) is 8.65. The van der Waals surface area contributed by atoms with Crippen LogP contribution in [-0.4, -0.2) is 6.61 Å². The molecule has 1 aliphatic carbocycles. The molecule has 0 radical (unpaired) electrons. The van der Waals surface area contributed by atoms with Crippen LogP contribution in [0.5, 0.6) is 0 Å². The van der Waals surface area contributed by atoms with Crippen LogP contribution in [0.2, 0.25) is 0 Å². The molecule has 1 aliphatic rings. The van der Waals surface area contributed by atoms with E-state index in [0.717, 1.165) is 12.5 Å². The summed E-state index contributed by atoms with van der Waals surface area (Å²) in [5.41, 5.74) is 0. The predicted octanol–water partition coefficient (Wildman–Crippen LogP) is 3.51. The minimum atomic E-state index is 0.791. The van der Waals surface area contributed by atoms with Crippen LogP contribution >= 0.6 is 0 Å². The van der Waals surface area contributed by atoms with Gasteiger partial charge in [0.15, 0.2) is 0 Å². The molecule has 0 amide bonds. The monoisotopic (exact) mass is 168 g/mol. The standard InChI is InChI=1S/C11H20O/c1-2-12-10-9-11-7-5-3-4-6-8-11/h9-11H,2-8H2,1H3/b10-9+. The van der Waals surface area contributed by atoms with E-state index in [1.54, 1.807) is 0 Å². The van der Waals surface area contributed by atoms with Gasteiger partial charge in [-0.05, 0) is 31.8 Å². The summed E-state index contributed by atoms with van der Waals surface area (Å²) in [6, 6.07) is 0. The van der Waals surface area contributed by atoms with Crippen LogP contribution in [0.15, 0.2) is 12.3 Å². The molecule has 1 fully saturated rings. The predicted molar refractivity (Wildman–Crippen MR) is 52.0 cm³/mol. The third-order valence-electron chi connectivity index (χ3n) is 2.51. The van der Waals surface area contributed by atoms with E-state index in [1.807, 2.05) is 13.2 Å². The molecule has 1 saturated carbocycles. The molecule has 0 aliphatic heterocycles. The molecule has 0 aromatic rings. The highest BCUT2D eigenvalue weighted by Gasteiger charge is 2.08. The van der Waals surface area contributed by atoms with E-state index in [9.17, 15) is 0 Å². The van der Waals surface area contributed by atoms with Crippen molar-refractivity contribution in [1.82, 2.24) is 0 Å². The Labute approximate surface area is 75.8 Å². The first-order chi connectivity index (χ1) is 5.93. The number of allylic oxidation sites excluding steroid dienone is 1. The quantitative estimate of drug-likeness (QED) is 0.463. The van der Waals surface area contributed by atoms with E-state index in [-0.39, 0.29) is 0 Å². The summed E-state index contributed by atoms with van der Waals surface area (Å²) in [6.45, 7) is 2.82. The molecule has 0 atom stereocenters. The summed E-state index contributed by atoms with van der Waals surface area (Å²) < 4.78 is 5.20. The van der Waals surface area contributed by atoms with E-state index in [4.69, 9.17) is 4.74 Å². The van der Waals surface area contributed by atoms with Crippen LogP contribution in [0, 0.1) is 5.92 Å². The van der Waals surface area contributed by atoms with Gasteiger partial charge in [0.25, 0.3) is 0 Å². The van der Waals surface area contributed by atoms with Gasteiger partial charge in [-0.3, -0.25) is 0 Å². The summed E-state index contributed by atoms with van der Waals surface area (Å²) in [6.07, 6.45) is 12.5. The molecule has 1 rings (SSSR count). The molecular weight excluding hydrogens is 148 g/mol. The van der Waals surface area contributed by atoms with Gasteiger partial charge in [-0.15, -0.1) is 0 Å². The Morgan fingerprint density at radius 3 is 2.42 bits per heavy atom. The highest BCUT2D eigenvalue weighted by atomic mass is 16.5. The SMILES string of the molecule is CCO/C=C/C1CCCCCC1. The van der Waals surface area contributed by atoms with Gasteiger partial charge in [-0.25, -0.2) is 0 Å². The summed E-state index contributed by atoms with van der Waals surface area (Å²) in [5.74, 6) is 0.791. The Hall–Kier alpha value is -0.460. The fourth-order valence-electron chi connectivity index (χ4n) is 1.77. The summed E-state index contributed by atoms with van der Waals surface area (Å²) in [7, 11) is 0. The fraction of sp³-hybridized carbons (Fsp3) is 0.818. The second-order valence-electron chi connectivity index (χ2n) is 3.54. The normalized spacial score (nSPS) is 21.1. The van der Waals surface area contributed by atoms with Crippen molar-refractivity contribution in [2.75, 3.05) is 6.61 Å². The van der Waals surface area contributed by atoms with Crippen molar-refractivity contribution < 1.29 is 4.74 Å². The first-order valence-electron chi connectivity index (χ1n) is 5.21. The average Bonchev–Trinajstić information content (AvgIpc) is 2.33. The van der Waals surface area contributed by atoms with Crippen molar-refractivity contribution in [1.29, 1.82) is 0 Å². The smallest absolute Gasteiger partial charge is 0.0845 e. The Kier molecular flexibility index (Phi) is 4.89. The van der Waals surface area contributed by atoms with Crippen molar-refractivity contribution in [3.05, 3.63) is 12.3 Å². The molecule has 70 valence electrons. The molecule has 1 nitrogen and oxygen atoms in total. The Balaban J connectivity index is 2.19. The van der Waals surface area contributed by atoms with Gasteiger partial charge in [0.2, 0.25) is 0 Å². The van der Waals surface area contributed by atoms with Crippen LogP contribution < -0.4 is 0 Å². The fourth-order valence-corrected chi connectivity index (χ4v) is 1.77. The largest absolute Gasteiger partial charge is 0.502 e. The van der Waals surface area contributed by atoms with Gasteiger partial charge < -0.3 is 4.74 Å². The minimum absolute atomic E-state index is 0.791. The van der Waals surface area contributed by atoms with Gasteiger partial charge in [0.1, 0.15) is 0 Å². The Bertz CT molecular complexity index is 121. The molecule has 0 saturated heterocycles. The molecule has 12 heavy (non-hydrogen) atoms. The van der Waals surface area contributed by atoms with Crippen molar-refractivity contribution in [2.24, 2.45) is 5.92 Å². The number of hydrogen-bond acceptors (Lipinski definition) is 1. The maximum Gasteiger partial charge on any atom is 0.0845 e. The van der Waals surface area contributed by atoms with Crippen LogP contribution in [0.1, 0.15) is 45.4 Å². The van der Waals surface area contributed by atoms with Crippen LogP contribution in [0.25, 0.3) is 0 Å². The molecule has 0 N–H and O–H groups in total. The maximum absolute atomic E-state index is 5.20. The van der Waals surface area contributed by atoms with E-state index in [1.165, 1.54) is 38.5 Å². The van der Waals surface area contributed by atoms with Crippen molar-refractivity contribution in [2.45, 2.75) is 45.4 Å². The van der Waals surface area contributed by atoms with Crippen molar-refractivity contribution in [3.63, 3.8) is 0 Å². The molecule has 1 heteroatoms. The third-order valence-corrected chi connectivity index (χ3v) is 2.51. The zero-order valence-electron chi connectivity index (χ0n) is 8.09. The van der Waals surface area contributed by atoms with E-state index in [0.29, 0.717) is 0 Å². The van der Waals surface area contributed by atoms with E-state index >= 15 is 0 Å². The molecule has 0 spiro atoms. The number of rotatable bonds is 3. The molecule has 0 heterocycles. The second-order valence-corrected chi connectivity index (χ2v) is 3.54. The lowest BCUT2D eigenvalue weighted by Crippen LogP contribution is -1.93. The van der Waals surface area contributed by atoms with Crippen molar-refractivity contribution >= 4 is 0 Å². The van der Waals surface area contributed by atoms with E-state index in [2.05, 4.69) is 6.08 Å². The van der Waals surface area contributed by atoms with E-state index < -0.39 is 0 Å². The number of hydrogen-bond donors (Lipinski definition) is 0. The van der Waals surface area contributed by atoms with Gasteiger partial charge in [-0.1, -0.05) is 25.7 Å². The molecule has 0 unspecified atom stereocenters. The molecule has 0 aromatic carbocycles. The first-order valence-corrected chi connectivity index (χ1v) is 5.21. The van der Waals surface area contributed by atoms with Gasteiger partial charge in [0.05, 0.1) is 12.9 Å². The van der Waals surface area contributed by atoms with Crippen LogP contribution in [0.4, 0.5) is 0 Å². The van der Waals surface area contributed by atoms with Gasteiger partial charge in [0, 0.05) is 0 Å². The summed E-state index contributed by atoms with van der Waals surface area (Å²) >= 11 is 0. The zero-order valence-corrected chi connectivity index (χ0v) is 8.09. The Morgan fingerprint density at radius 1 is 1.17 bits per heavy atom.